The fourth-order valence-electron chi connectivity index (χ4n) is 4.40. The molecule has 9 heteroatoms. The Labute approximate surface area is 207 Å². The Bertz CT molecular complexity index is 1500. The van der Waals surface area contributed by atoms with Crippen molar-refractivity contribution in [3.8, 4) is 22.8 Å². The summed E-state index contributed by atoms with van der Waals surface area (Å²) >= 11 is 0. The van der Waals surface area contributed by atoms with E-state index in [9.17, 15) is 4.39 Å². The number of ether oxygens (including phenoxy) is 2. The molecule has 8 nitrogen and oxygen atoms in total. The molecule has 1 atom stereocenters. The second-order valence-corrected chi connectivity index (χ2v) is 8.61. The first-order valence-electron chi connectivity index (χ1n) is 11.6. The number of halogens is 1. The number of methoxy groups -OCH3 is 1. The van der Waals surface area contributed by atoms with Crippen LogP contribution in [0.4, 0.5) is 10.2 Å². The van der Waals surface area contributed by atoms with Crippen LogP contribution in [0.5, 0.6) is 11.5 Å². The van der Waals surface area contributed by atoms with Gasteiger partial charge >= 0.3 is 0 Å². The van der Waals surface area contributed by atoms with Gasteiger partial charge in [-0.3, -0.25) is 0 Å². The van der Waals surface area contributed by atoms with E-state index in [-0.39, 0.29) is 11.9 Å². The molecule has 4 heterocycles. The molecule has 0 saturated heterocycles. The average molecular weight is 483 g/mol. The zero-order valence-electron chi connectivity index (χ0n) is 19.6. The van der Waals surface area contributed by atoms with Crippen LogP contribution in [-0.4, -0.2) is 44.6 Å². The average Bonchev–Trinajstić information content (AvgIpc) is 3.31. The van der Waals surface area contributed by atoms with E-state index in [0.29, 0.717) is 36.7 Å². The van der Waals surface area contributed by atoms with Crippen LogP contribution >= 0.6 is 0 Å². The summed E-state index contributed by atoms with van der Waals surface area (Å²) in [6.07, 6.45) is 2.11. The third-order valence-electron chi connectivity index (χ3n) is 6.18. The molecule has 1 aliphatic heterocycles. The van der Waals surface area contributed by atoms with E-state index in [1.54, 1.807) is 30.0 Å². The lowest BCUT2D eigenvalue weighted by atomic mass is 10.1. The van der Waals surface area contributed by atoms with Gasteiger partial charge in [0.1, 0.15) is 17.7 Å². The number of benzene rings is 2. The van der Waals surface area contributed by atoms with Crippen LogP contribution in [0.1, 0.15) is 11.4 Å². The maximum Gasteiger partial charge on any atom is 0.177 e. The highest BCUT2D eigenvalue weighted by Gasteiger charge is 2.28. The van der Waals surface area contributed by atoms with Gasteiger partial charge in [0, 0.05) is 24.7 Å². The minimum atomic E-state index is -0.284. The van der Waals surface area contributed by atoms with E-state index in [4.69, 9.17) is 14.6 Å². The lowest BCUT2D eigenvalue weighted by Crippen LogP contribution is -2.41. The number of fused-ring (bicyclic) bond motifs is 2. The number of nitrogens with zero attached hydrogens (tertiary/aromatic N) is 6. The van der Waals surface area contributed by atoms with Gasteiger partial charge < -0.3 is 14.4 Å². The van der Waals surface area contributed by atoms with Crippen molar-refractivity contribution in [1.29, 1.82) is 0 Å². The number of anilines is 1. The van der Waals surface area contributed by atoms with Crippen molar-refractivity contribution in [2.75, 3.05) is 18.6 Å². The first-order chi connectivity index (χ1) is 17.7. The second kappa shape index (κ2) is 9.26. The van der Waals surface area contributed by atoms with Gasteiger partial charge in [0.15, 0.2) is 23.0 Å². The highest BCUT2D eigenvalue weighted by molar-refractivity contribution is 5.60. The standard InChI is InChI=1S/C27H23FN6O2/c1-35-21-10-4-18(5-11-21)16-33-17-22(36-24-3-2-14-29-27(24)33)15-26-31-30-25-13-12-23(32-34(25)26)19-6-8-20(28)9-7-19/h2-14,22H,15-17H2,1H3. The van der Waals surface area contributed by atoms with E-state index in [1.165, 1.54) is 12.1 Å². The molecular formula is C27H23FN6O2. The summed E-state index contributed by atoms with van der Waals surface area (Å²) in [5.74, 6) is 2.77. The van der Waals surface area contributed by atoms with Gasteiger partial charge in [-0.05, 0) is 66.2 Å². The smallest absolute Gasteiger partial charge is 0.177 e. The summed E-state index contributed by atoms with van der Waals surface area (Å²) in [4.78, 5) is 6.78. The van der Waals surface area contributed by atoms with Gasteiger partial charge in [-0.15, -0.1) is 10.2 Å². The Balaban J connectivity index is 1.27. The third kappa shape index (κ3) is 4.31. The second-order valence-electron chi connectivity index (χ2n) is 8.61. The minimum absolute atomic E-state index is 0.177. The molecule has 6 rings (SSSR count). The van der Waals surface area contributed by atoms with E-state index < -0.39 is 0 Å². The Kier molecular flexibility index (Phi) is 5.65. The molecule has 0 N–H and O–H groups in total. The third-order valence-corrected chi connectivity index (χ3v) is 6.18. The first kappa shape index (κ1) is 22.0. The quantitative estimate of drug-likeness (QED) is 0.356. The molecule has 36 heavy (non-hydrogen) atoms. The fraction of sp³-hybridized carbons (Fsp3) is 0.185. The van der Waals surface area contributed by atoms with E-state index in [2.05, 4.69) is 32.2 Å². The van der Waals surface area contributed by atoms with Crippen LogP contribution < -0.4 is 14.4 Å². The summed E-state index contributed by atoms with van der Waals surface area (Å²) in [7, 11) is 1.66. The van der Waals surface area contributed by atoms with Crippen LogP contribution in [0.25, 0.3) is 16.9 Å². The number of hydrogen-bond donors (Lipinski definition) is 0. The number of aromatic nitrogens is 5. The van der Waals surface area contributed by atoms with Crippen molar-refractivity contribution in [1.82, 2.24) is 24.8 Å². The summed E-state index contributed by atoms with van der Waals surface area (Å²) in [6.45, 7) is 1.31. The summed E-state index contributed by atoms with van der Waals surface area (Å²) < 4.78 is 26.7. The predicted octanol–water partition coefficient (Wildman–Crippen LogP) is 4.34. The Morgan fingerprint density at radius 2 is 1.83 bits per heavy atom. The van der Waals surface area contributed by atoms with Crippen molar-refractivity contribution in [3.05, 3.63) is 96.2 Å². The molecule has 5 aromatic rings. The van der Waals surface area contributed by atoms with Crippen LogP contribution in [-0.2, 0) is 13.0 Å². The summed E-state index contributed by atoms with van der Waals surface area (Å²) in [6, 6.07) is 21.8. The molecule has 0 amide bonds. The zero-order valence-corrected chi connectivity index (χ0v) is 19.6. The predicted molar refractivity (Wildman–Crippen MR) is 133 cm³/mol. The Morgan fingerprint density at radius 1 is 1.00 bits per heavy atom. The lowest BCUT2D eigenvalue weighted by molar-refractivity contribution is 0.188. The molecule has 0 bridgehead atoms. The molecule has 0 radical (unpaired) electrons. The molecule has 0 saturated carbocycles. The first-order valence-corrected chi connectivity index (χ1v) is 11.6. The number of pyridine rings is 1. The number of rotatable bonds is 6. The summed E-state index contributed by atoms with van der Waals surface area (Å²) in [5, 5.41) is 13.4. The minimum Gasteiger partial charge on any atom is -0.497 e. The monoisotopic (exact) mass is 482 g/mol. The molecule has 1 aliphatic rings. The van der Waals surface area contributed by atoms with Crippen LogP contribution in [0, 0.1) is 5.82 Å². The molecular weight excluding hydrogens is 459 g/mol. The van der Waals surface area contributed by atoms with Gasteiger partial charge in [-0.2, -0.15) is 9.61 Å². The highest BCUT2D eigenvalue weighted by Crippen LogP contribution is 2.33. The summed E-state index contributed by atoms with van der Waals surface area (Å²) in [5.41, 5.74) is 3.32. The Morgan fingerprint density at radius 3 is 2.64 bits per heavy atom. The molecule has 180 valence electrons. The molecule has 0 spiro atoms. The molecule has 2 aromatic carbocycles. The van der Waals surface area contributed by atoms with Gasteiger partial charge in [0.05, 0.1) is 19.3 Å². The van der Waals surface area contributed by atoms with Crippen molar-refractivity contribution >= 4 is 11.5 Å². The molecule has 3 aromatic heterocycles. The molecule has 1 unspecified atom stereocenters. The fourth-order valence-corrected chi connectivity index (χ4v) is 4.40. The van der Waals surface area contributed by atoms with Gasteiger partial charge in [0.25, 0.3) is 0 Å². The highest BCUT2D eigenvalue weighted by atomic mass is 19.1. The van der Waals surface area contributed by atoms with E-state index in [1.807, 2.05) is 36.4 Å². The molecule has 0 fully saturated rings. The largest absolute Gasteiger partial charge is 0.497 e. The molecule has 0 aliphatic carbocycles. The van der Waals surface area contributed by atoms with Crippen molar-refractivity contribution in [2.45, 2.75) is 19.1 Å². The number of hydrogen-bond acceptors (Lipinski definition) is 7. The maximum absolute atomic E-state index is 13.4. The van der Waals surface area contributed by atoms with Gasteiger partial charge in [-0.1, -0.05) is 12.1 Å². The van der Waals surface area contributed by atoms with Crippen molar-refractivity contribution in [3.63, 3.8) is 0 Å². The van der Waals surface area contributed by atoms with E-state index in [0.717, 1.165) is 28.4 Å². The van der Waals surface area contributed by atoms with Gasteiger partial charge in [0.2, 0.25) is 0 Å². The van der Waals surface area contributed by atoms with Crippen LogP contribution in [0.2, 0.25) is 0 Å². The lowest BCUT2D eigenvalue weighted by Gasteiger charge is -2.35. The SMILES string of the molecule is COc1ccc(CN2CC(Cc3nnc4ccc(-c5ccc(F)cc5)nn34)Oc3cccnc32)cc1. The normalized spacial score (nSPS) is 14.9. The zero-order chi connectivity index (χ0) is 24.5. The maximum atomic E-state index is 13.4. The van der Waals surface area contributed by atoms with Crippen LogP contribution in [0.15, 0.2) is 79.0 Å². The topological polar surface area (TPSA) is 77.7 Å². The van der Waals surface area contributed by atoms with Gasteiger partial charge in [-0.25, -0.2) is 9.37 Å². The van der Waals surface area contributed by atoms with Crippen molar-refractivity contribution in [2.24, 2.45) is 0 Å². The Hall–Kier alpha value is -4.53. The van der Waals surface area contributed by atoms with Crippen molar-refractivity contribution < 1.29 is 13.9 Å². The van der Waals surface area contributed by atoms with E-state index >= 15 is 0 Å². The van der Waals surface area contributed by atoms with Crippen LogP contribution in [0.3, 0.4) is 0 Å².